The van der Waals surface area contributed by atoms with Gasteiger partial charge in [-0.25, -0.2) is 0 Å². The molecule has 26 heavy (non-hydrogen) atoms. The van der Waals surface area contributed by atoms with Crippen LogP contribution in [0.25, 0.3) is 0 Å². The van der Waals surface area contributed by atoms with Gasteiger partial charge in [0.25, 0.3) is 0 Å². The molecule has 0 atom stereocenters. The average Bonchev–Trinajstić information content (AvgIpc) is 2.63. The molecule has 0 saturated carbocycles. The van der Waals surface area contributed by atoms with Crippen LogP contribution in [-0.2, 0) is 9.98 Å². The molecule has 2 fully saturated rings. The zero-order chi connectivity index (χ0) is 18.1. The molecule has 0 aromatic rings. The van der Waals surface area contributed by atoms with Gasteiger partial charge in [0.1, 0.15) is 0 Å². The van der Waals surface area contributed by atoms with E-state index in [1.54, 1.807) is 0 Å². The highest BCUT2D eigenvalue weighted by molar-refractivity contribution is 4.61. The van der Waals surface area contributed by atoms with Gasteiger partial charge in [-0.05, 0) is 0 Å². The zero-order valence-electron chi connectivity index (χ0n) is 16.0. The van der Waals surface area contributed by atoms with Crippen molar-refractivity contribution in [2.75, 3.05) is 105 Å². The number of hydrogen-bond acceptors (Lipinski definition) is 10. The minimum Gasteiger partial charge on any atom is -0.314 e. The van der Waals surface area contributed by atoms with Crippen LogP contribution in [0.15, 0.2) is 0 Å². The van der Waals surface area contributed by atoms with Gasteiger partial charge in [0.05, 0.1) is 0 Å². The maximum atomic E-state index is 5.65. The highest BCUT2D eigenvalue weighted by Crippen LogP contribution is 1.96. The first-order chi connectivity index (χ1) is 12.9. The van der Waals surface area contributed by atoms with Crippen molar-refractivity contribution < 1.29 is 9.98 Å². The summed E-state index contributed by atoms with van der Waals surface area (Å²) in [6, 6.07) is 0. The Kier molecular flexibility index (Phi) is 13.2. The Balaban J connectivity index is 1.70. The maximum absolute atomic E-state index is 5.65. The molecule has 0 aromatic heterocycles. The Hall–Kier alpha value is -0.400. The molecule has 10 heteroatoms. The van der Waals surface area contributed by atoms with Crippen molar-refractivity contribution in [3.05, 3.63) is 0 Å². The Morgan fingerprint density at radius 3 is 0.846 bits per heavy atom. The molecule has 10 nitrogen and oxygen atoms in total. The van der Waals surface area contributed by atoms with E-state index in [0.29, 0.717) is 0 Å². The van der Waals surface area contributed by atoms with Crippen LogP contribution in [0.5, 0.6) is 0 Å². The van der Waals surface area contributed by atoms with Crippen molar-refractivity contribution in [3.63, 3.8) is 0 Å². The monoisotopic (exact) mass is 374 g/mol. The molecular formula is C16H38N8O2. The highest BCUT2D eigenvalue weighted by Gasteiger charge is 2.12. The minimum atomic E-state index is 0.789. The van der Waals surface area contributed by atoms with Crippen LogP contribution in [0.1, 0.15) is 0 Å². The summed E-state index contributed by atoms with van der Waals surface area (Å²) in [5, 5.41) is 24.2. The lowest BCUT2D eigenvalue weighted by Gasteiger charge is -2.26. The van der Waals surface area contributed by atoms with Gasteiger partial charge in [-0.1, -0.05) is 0 Å². The molecule has 2 aliphatic heterocycles. The molecule has 154 valence electrons. The lowest BCUT2D eigenvalue weighted by Crippen LogP contribution is -2.45. The summed E-state index contributed by atoms with van der Waals surface area (Å²) in [5.74, 6) is 0. The quantitative estimate of drug-likeness (QED) is 0.226. The molecule has 2 heterocycles. The molecule has 0 unspecified atom stereocenters. The van der Waals surface area contributed by atoms with E-state index in [-0.39, 0.29) is 0 Å². The molecule has 0 bridgehead atoms. The molecule has 2 saturated heterocycles. The fourth-order valence-corrected chi connectivity index (χ4v) is 2.74. The van der Waals surface area contributed by atoms with Gasteiger partial charge in [0.2, 0.25) is 0 Å². The van der Waals surface area contributed by atoms with Crippen molar-refractivity contribution >= 4 is 0 Å². The van der Waals surface area contributed by atoms with Crippen LogP contribution in [0, 0.1) is 0 Å². The van der Waals surface area contributed by atoms with Gasteiger partial charge < -0.3 is 31.9 Å². The van der Waals surface area contributed by atoms with Gasteiger partial charge in [-0.2, -0.15) is 10.1 Å². The summed E-state index contributed by atoms with van der Waals surface area (Å²) in [6.07, 6.45) is 0. The van der Waals surface area contributed by atoms with E-state index >= 15 is 0 Å². The normalized spacial score (nSPS) is 25.4. The third-order valence-electron chi connectivity index (χ3n) is 4.31. The van der Waals surface area contributed by atoms with E-state index in [1.807, 2.05) is 10.1 Å². The summed E-state index contributed by atoms with van der Waals surface area (Å²) in [5.41, 5.74) is 0. The Labute approximate surface area is 157 Å². The zero-order valence-corrected chi connectivity index (χ0v) is 16.0. The summed E-state index contributed by atoms with van der Waals surface area (Å²) in [4.78, 5) is 11.3. The lowest BCUT2D eigenvalue weighted by molar-refractivity contribution is -0.514. The predicted octanol–water partition coefficient (Wildman–Crippen LogP) is -3.07. The number of nitrogens with one attached hydrogen (secondary N) is 6. The van der Waals surface area contributed by atoms with Gasteiger partial charge in [0.15, 0.2) is 0 Å². The summed E-state index contributed by atoms with van der Waals surface area (Å²) < 4.78 is 0. The van der Waals surface area contributed by atoms with E-state index < -0.39 is 0 Å². The van der Waals surface area contributed by atoms with Crippen LogP contribution >= 0.6 is 0 Å². The van der Waals surface area contributed by atoms with Crippen molar-refractivity contribution in [1.82, 2.24) is 42.0 Å². The van der Waals surface area contributed by atoms with Crippen LogP contribution < -0.4 is 31.9 Å². The van der Waals surface area contributed by atoms with E-state index in [2.05, 4.69) is 31.9 Å². The van der Waals surface area contributed by atoms with Crippen LogP contribution in [0.3, 0.4) is 0 Å². The smallest absolute Gasteiger partial charge is 0.0397 e. The number of rotatable bonds is 3. The molecule has 2 aliphatic rings. The van der Waals surface area contributed by atoms with Gasteiger partial charge >= 0.3 is 0 Å². The number of hydroxylamine groups is 4. The predicted molar refractivity (Wildman–Crippen MR) is 103 cm³/mol. The molecule has 0 spiro atoms. The third-order valence-corrected chi connectivity index (χ3v) is 4.31. The molecule has 0 aliphatic carbocycles. The van der Waals surface area contributed by atoms with Gasteiger partial charge in [-0.15, -0.1) is 9.98 Å². The SMILES string of the molecule is C1CNCCN(OON2CCNCCNCCNCC2)CCNCCN1. The van der Waals surface area contributed by atoms with E-state index in [1.165, 1.54) is 0 Å². The van der Waals surface area contributed by atoms with Crippen molar-refractivity contribution in [2.24, 2.45) is 0 Å². The van der Waals surface area contributed by atoms with Gasteiger partial charge in [0, 0.05) is 105 Å². The van der Waals surface area contributed by atoms with E-state index in [0.717, 1.165) is 105 Å². The summed E-state index contributed by atoms with van der Waals surface area (Å²) in [7, 11) is 0. The Bertz CT molecular complexity index is 273. The van der Waals surface area contributed by atoms with Crippen LogP contribution in [0.2, 0.25) is 0 Å². The van der Waals surface area contributed by atoms with Crippen LogP contribution in [-0.4, -0.2) is 115 Å². The molecule has 6 N–H and O–H groups in total. The second-order valence-electron chi connectivity index (χ2n) is 6.51. The van der Waals surface area contributed by atoms with Crippen molar-refractivity contribution in [3.8, 4) is 0 Å². The third kappa shape index (κ3) is 11.3. The maximum Gasteiger partial charge on any atom is 0.0397 e. The highest BCUT2D eigenvalue weighted by atomic mass is 17.3. The summed E-state index contributed by atoms with van der Waals surface area (Å²) in [6.45, 7) is 14.5. The molecular weight excluding hydrogens is 336 g/mol. The molecule has 0 radical (unpaired) electrons. The molecule has 0 amide bonds. The van der Waals surface area contributed by atoms with Crippen LogP contribution in [0.4, 0.5) is 0 Å². The Morgan fingerprint density at radius 2 is 0.577 bits per heavy atom. The van der Waals surface area contributed by atoms with E-state index in [4.69, 9.17) is 9.98 Å². The largest absolute Gasteiger partial charge is 0.314 e. The molecule has 2 rings (SSSR count). The number of nitrogens with zero attached hydrogens (tertiary/aromatic N) is 2. The number of hydrogen-bond donors (Lipinski definition) is 6. The standard InChI is InChI=1S/C16H38N8O2/c1-5-19-9-13-23(14-10-20-6-2-17-1)25-26-24-15-11-21-7-3-18-4-8-22-12-16-24/h17-22H,1-16H2. The molecule has 0 aromatic carbocycles. The average molecular weight is 375 g/mol. The first-order valence-corrected chi connectivity index (χ1v) is 10.0. The summed E-state index contributed by atoms with van der Waals surface area (Å²) >= 11 is 0. The fourth-order valence-electron chi connectivity index (χ4n) is 2.74. The second-order valence-corrected chi connectivity index (χ2v) is 6.51. The first kappa shape index (κ1) is 21.9. The van der Waals surface area contributed by atoms with E-state index in [9.17, 15) is 0 Å². The first-order valence-electron chi connectivity index (χ1n) is 10.0. The van der Waals surface area contributed by atoms with Crippen molar-refractivity contribution in [2.45, 2.75) is 0 Å². The Morgan fingerprint density at radius 1 is 0.346 bits per heavy atom. The minimum absolute atomic E-state index is 0.789. The second kappa shape index (κ2) is 15.6. The topological polar surface area (TPSA) is 97.1 Å². The lowest BCUT2D eigenvalue weighted by atomic mass is 10.4. The van der Waals surface area contributed by atoms with Gasteiger partial charge in [-0.3, -0.25) is 0 Å². The van der Waals surface area contributed by atoms with Crippen molar-refractivity contribution in [1.29, 1.82) is 0 Å². The fraction of sp³-hybridized carbons (Fsp3) is 1.00.